The molecule has 2 aromatic carbocycles. The average molecular weight is 573 g/mol. The maximum atomic E-state index is 13.1. The van der Waals surface area contributed by atoms with E-state index in [9.17, 15) is 22.8 Å². The lowest BCUT2D eigenvalue weighted by atomic mass is 10.0. The summed E-state index contributed by atoms with van der Waals surface area (Å²) >= 11 is 0. The summed E-state index contributed by atoms with van der Waals surface area (Å²) in [5.74, 6) is -0.102. The van der Waals surface area contributed by atoms with Crippen molar-refractivity contribution in [3.05, 3.63) is 75.2 Å². The van der Waals surface area contributed by atoms with Gasteiger partial charge in [0.05, 0.1) is 28.0 Å². The molecule has 4 rings (SSSR count). The molecule has 41 heavy (non-hydrogen) atoms. The topological polar surface area (TPSA) is 107 Å². The van der Waals surface area contributed by atoms with Crippen molar-refractivity contribution in [3.63, 3.8) is 0 Å². The number of nitrogens with two attached hydrogens (primary N) is 1. The molecule has 0 bridgehead atoms. The Bertz CT molecular complexity index is 1420. The molecule has 1 saturated heterocycles. The summed E-state index contributed by atoms with van der Waals surface area (Å²) in [6, 6.07) is 9.60. The Labute approximate surface area is 238 Å². The molecule has 11 heteroatoms. The number of nitrogens with one attached hydrogen (secondary N) is 2. The van der Waals surface area contributed by atoms with Crippen molar-refractivity contribution in [1.29, 1.82) is 0 Å². The molecule has 8 nitrogen and oxygen atoms in total. The van der Waals surface area contributed by atoms with Gasteiger partial charge in [-0.15, -0.1) is 0 Å². The number of amides is 1. The maximum Gasteiger partial charge on any atom is 0.416 e. The van der Waals surface area contributed by atoms with Crippen molar-refractivity contribution >= 4 is 28.3 Å². The highest BCUT2D eigenvalue weighted by Crippen LogP contribution is 2.30. The molecule has 1 fully saturated rings. The van der Waals surface area contributed by atoms with Crippen molar-refractivity contribution in [2.45, 2.75) is 46.2 Å². The van der Waals surface area contributed by atoms with Gasteiger partial charge in [-0.25, -0.2) is 4.98 Å². The second-order valence-electron chi connectivity index (χ2n) is 9.79. The largest absolute Gasteiger partial charge is 0.416 e. The summed E-state index contributed by atoms with van der Waals surface area (Å²) in [7, 11) is 1.53. The Kier molecular flexibility index (Phi) is 10.9. The normalized spacial score (nSPS) is 14.1. The molecule has 0 unspecified atom stereocenters. The van der Waals surface area contributed by atoms with Crippen LogP contribution >= 0.6 is 0 Å². The number of likely N-dealkylation sites (tertiary alicyclic amines) is 1. The van der Waals surface area contributed by atoms with Gasteiger partial charge >= 0.3 is 6.18 Å². The van der Waals surface area contributed by atoms with Gasteiger partial charge in [0, 0.05) is 31.3 Å². The quantitative estimate of drug-likeness (QED) is 0.354. The molecular weight excluding hydrogens is 533 g/mol. The predicted octanol–water partition coefficient (Wildman–Crippen LogP) is 4.92. The van der Waals surface area contributed by atoms with Crippen LogP contribution in [0, 0.1) is 0 Å². The van der Waals surface area contributed by atoms with E-state index in [0.29, 0.717) is 24.2 Å². The third-order valence-electron chi connectivity index (χ3n) is 7.02. The van der Waals surface area contributed by atoms with Gasteiger partial charge in [0.25, 0.3) is 11.5 Å². The van der Waals surface area contributed by atoms with Crippen LogP contribution in [0.15, 0.2) is 47.3 Å². The Hall–Kier alpha value is -3.86. The summed E-state index contributed by atoms with van der Waals surface area (Å²) < 4.78 is 39.3. The highest BCUT2D eigenvalue weighted by molar-refractivity contribution is 5.96. The van der Waals surface area contributed by atoms with Crippen LogP contribution in [0.2, 0.25) is 0 Å². The van der Waals surface area contributed by atoms with Crippen LogP contribution < -0.4 is 16.6 Å². The lowest BCUT2D eigenvalue weighted by molar-refractivity contribution is -0.137. The van der Waals surface area contributed by atoms with Gasteiger partial charge in [-0.3, -0.25) is 9.59 Å². The van der Waals surface area contributed by atoms with E-state index in [1.54, 1.807) is 29.2 Å². The molecule has 2 heterocycles. The third kappa shape index (κ3) is 7.87. The van der Waals surface area contributed by atoms with Crippen LogP contribution in [0.5, 0.6) is 0 Å². The van der Waals surface area contributed by atoms with Gasteiger partial charge in [-0.2, -0.15) is 13.2 Å². The standard InChI is InChI=1S/C23H22F3N5O2.C7H17N/c1-28-19(18(27)13-5-4-6-14(11-13)22(33)31-9-2-3-10-31)20-21(32)30-16-8-7-15(23(24,25)26)12-17(16)29-20;1-4-7-8(5-2)6-3/h4-8,11-12,28H,2-3,9-10,27H2,1H3,(H,30,32);4-7H2,1-3H3/b19-18+;. The number of benzene rings is 2. The average Bonchev–Trinajstić information content (AvgIpc) is 3.51. The number of fused-ring (bicyclic) bond motifs is 1. The zero-order chi connectivity index (χ0) is 30.2. The minimum absolute atomic E-state index is 0.0297. The fraction of sp³-hybridized carbons (Fsp3) is 0.433. The van der Waals surface area contributed by atoms with E-state index < -0.39 is 17.3 Å². The van der Waals surface area contributed by atoms with Crippen molar-refractivity contribution < 1.29 is 18.0 Å². The zero-order valence-electron chi connectivity index (χ0n) is 24.1. The number of rotatable bonds is 8. The van der Waals surface area contributed by atoms with Crippen LogP contribution in [0.1, 0.15) is 67.2 Å². The van der Waals surface area contributed by atoms with Gasteiger partial charge in [-0.05, 0) is 69.2 Å². The molecule has 4 N–H and O–H groups in total. The Morgan fingerprint density at radius 1 is 1.07 bits per heavy atom. The van der Waals surface area contributed by atoms with E-state index in [-0.39, 0.29) is 34.0 Å². The Balaban J connectivity index is 0.000000507. The molecule has 222 valence electrons. The first-order valence-corrected chi connectivity index (χ1v) is 13.9. The van der Waals surface area contributed by atoms with Gasteiger partial charge in [0.15, 0.2) is 5.69 Å². The summed E-state index contributed by atoms with van der Waals surface area (Å²) in [6.45, 7) is 11.7. The number of halogens is 3. The molecule has 0 spiro atoms. The van der Waals surface area contributed by atoms with Gasteiger partial charge in [-0.1, -0.05) is 32.9 Å². The number of carbonyl (C=O) groups excluding carboxylic acids is 1. The number of alkyl halides is 3. The van der Waals surface area contributed by atoms with Crippen LogP contribution in [0.25, 0.3) is 22.4 Å². The van der Waals surface area contributed by atoms with E-state index in [0.717, 1.165) is 31.0 Å². The van der Waals surface area contributed by atoms with Crippen LogP contribution in [-0.4, -0.2) is 65.4 Å². The first-order chi connectivity index (χ1) is 19.5. The lowest BCUT2D eigenvalue weighted by Crippen LogP contribution is -2.27. The van der Waals surface area contributed by atoms with Crippen LogP contribution in [0.4, 0.5) is 13.2 Å². The molecule has 0 atom stereocenters. The van der Waals surface area contributed by atoms with Crippen molar-refractivity contribution in [2.24, 2.45) is 5.73 Å². The van der Waals surface area contributed by atoms with Gasteiger partial charge in [0.2, 0.25) is 0 Å². The smallest absolute Gasteiger partial charge is 0.396 e. The molecule has 1 aliphatic rings. The number of aromatic amines is 1. The molecule has 1 aromatic heterocycles. The van der Waals surface area contributed by atoms with E-state index in [1.165, 1.54) is 33.1 Å². The fourth-order valence-corrected chi connectivity index (χ4v) is 4.73. The number of aromatic nitrogens is 2. The number of nitrogens with zero attached hydrogens (tertiary/aromatic N) is 3. The minimum atomic E-state index is -4.55. The summed E-state index contributed by atoms with van der Waals surface area (Å²) in [5.41, 5.74) is 6.05. The first kappa shape index (κ1) is 31.7. The number of carbonyl (C=O) groups is 1. The van der Waals surface area contributed by atoms with Crippen LogP contribution in [-0.2, 0) is 6.18 Å². The molecule has 0 radical (unpaired) electrons. The Morgan fingerprint density at radius 3 is 2.29 bits per heavy atom. The minimum Gasteiger partial charge on any atom is -0.396 e. The molecular formula is C30H39F3N6O2. The summed E-state index contributed by atoms with van der Waals surface area (Å²) in [6.07, 6.45) is -1.34. The molecule has 1 amide bonds. The number of H-pyrrole nitrogens is 1. The molecule has 1 aliphatic heterocycles. The van der Waals surface area contributed by atoms with Gasteiger partial charge in [0.1, 0.15) is 0 Å². The Morgan fingerprint density at radius 2 is 1.73 bits per heavy atom. The highest BCUT2D eigenvalue weighted by Gasteiger charge is 2.31. The van der Waals surface area contributed by atoms with Crippen LogP contribution in [0.3, 0.4) is 0 Å². The number of hydrogen-bond donors (Lipinski definition) is 3. The summed E-state index contributed by atoms with van der Waals surface area (Å²) in [4.78, 5) is 36.3. The molecule has 0 aliphatic carbocycles. The third-order valence-corrected chi connectivity index (χ3v) is 7.02. The molecule has 3 aromatic rings. The summed E-state index contributed by atoms with van der Waals surface area (Å²) in [5, 5.41) is 2.83. The maximum absolute atomic E-state index is 13.1. The molecule has 0 saturated carbocycles. The second kappa shape index (κ2) is 14.2. The number of hydrogen-bond acceptors (Lipinski definition) is 6. The SMILES string of the molecule is CCCN(CC)CC.CN/C(=C(/N)c1cccc(C(=O)N2CCCC2)c1)c1nc2cc(C(F)(F)F)ccc2[nH]c1=O. The monoisotopic (exact) mass is 572 g/mol. The van der Waals surface area contributed by atoms with E-state index in [2.05, 4.69) is 41.0 Å². The van der Waals surface area contributed by atoms with Crippen molar-refractivity contribution in [2.75, 3.05) is 39.8 Å². The lowest BCUT2D eigenvalue weighted by Gasteiger charge is -2.16. The zero-order valence-corrected chi connectivity index (χ0v) is 24.1. The van der Waals surface area contributed by atoms with Crippen molar-refractivity contribution in [3.8, 4) is 0 Å². The van der Waals surface area contributed by atoms with Gasteiger partial charge < -0.3 is 25.8 Å². The van der Waals surface area contributed by atoms with E-state index in [1.807, 2.05) is 0 Å². The van der Waals surface area contributed by atoms with E-state index in [4.69, 9.17) is 5.73 Å². The highest BCUT2D eigenvalue weighted by atomic mass is 19.4. The van der Waals surface area contributed by atoms with E-state index >= 15 is 0 Å². The fourth-order valence-electron chi connectivity index (χ4n) is 4.73. The van der Waals surface area contributed by atoms with Crippen molar-refractivity contribution in [1.82, 2.24) is 25.1 Å². The first-order valence-electron chi connectivity index (χ1n) is 13.9. The second-order valence-corrected chi connectivity index (χ2v) is 9.79. The predicted molar refractivity (Wildman–Crippen MR) is 157 cm³/mol.